The van der Waals surface area contributed by atoms with E-state index in [-0.39, 0.29) is 23.4 Å². The summed E-state index contributed by atoms with van der Waals surface area (Å²) in [7, 11) is -2.36. The van der Waals surface area contributed by atoms with E-state index in [1.807, 2.05) is 58.0 Å². The van der Waals surface area contributed by atoms with Crippen LogP contribution in [0.25, 0.3) is 0 Å². The molecule has 0 aromatic heterocycles. The fourth-order valence-electron chi connectivity index (χ4n) is 3.77. The van der Waals surface area contributed by atoms with Crippen LogP contribution in [0.5, 0.6) is 5.75 Å². The Morgan fingerprint density at radius 2 is 1.62 bits per heavy atom. The van der Waals surface area contributed by atoms with Crippen molar-refractivity contribution in [1.82, 2.24) is 5.32 Å². The van der Waals surface area contributed by atoms with Gasteiger partial charge in [-0.05, 0) is 74.2 Å². The van der Waals surface area contributed by atoms with Crippen LogP contribution in [0.4, 0.5) is 5.69 Å². The molecule has 3 aromatic carbocycles. The van der Waals surface area contributed by atoms with Gasteiger partial charge in [-0.2, -0.15) is 0 Å². The third-order valence-electron chi connectivity index (χ3n) is 6.00. The van der Waals surface area contributed by atoms with Gasteiger partial charge in [-0.1, -0.05) is 48.9 Å². The SMILES string of the molecule is CC[C@H](NC(=O)CN(c1cccc(C)c1C)S(=O)(=O)c1ccc(C)cc1)c1ccc(OC)cc1. The molecule has 0 fully saturated rings. The summed E-state index contributed by atoms with van der Waals surface area (Å²) in [4.78, 5) is 13.3. The van der Waals surface area contributed by atoms with Crippen molar-refractivity contribution in [3.63, 3.8) is 0 Å². The van der Waals surface area contributed by atoms with Crippen LogP contribution >= 0.6 is 0 Å². The van der Waals surface area contributed by atoms with Crippen LogP contribution in [-0.2, 0) is 14.8 Å². The molecule has 34 heavy (non-hydrogen) atoms. The van der Waals surface area contributed by atoms with Crippen LogP contribution in [0, 0.1) is 20.8 Å². The van der Waals surface area contributed by atoms with Crippen molar-refractivity contribution >= 4 is 21.6 Å². The Labute approximate surface area is 202 Å². The van der Waals surface area contributed by atoms with Crippen molar-refractivity contribution in [3.05, 3.63) is 89.0 Å². The van der Waals surface area contributed by atoms with E-state index in [1.165, 1.54) is 4.31 Å². The molecular formula is C27H32N2O4S. The number of anilines is 1. The molecule has 0 saturated carbocycles. The number of hydrogen-bond acceptors (Lipinski definition) is 4. The first-order chi connectivity index (χ1) is 16.2. The average Bonchev–Trinajstić information content (AvgIpc) is 2.83. The number of carbonyl (C=O) groups excluding carboxylic acids is 1. The van der Waals surface area contributed by atoms with Gasteiger partial charge in [0.05, 0.1) is 23.7 Å². The lowest BCUT2D eigenvalue weighted by Crippen LogP contribution is -2.42. The minimum absolute atomic E-state index is 0.147. The first-order valence-electron chi connectivity index (χ1n) is 11.3. The van der Waals surface area contributed by atoms with Gasteiger partial charge < -0.3 is 10.1 Å². The van der Waals surface area contributed by atoms with E-state index in [0.717, 1.165) is 28.0 Å². The number of carbonyl (C=O) groups is 1. The molecule has 3 aromatic rings. The van der Waals surface area contributed by atoms with Crippen molar-refractivity contribution in [2.45, 2.75) is 45.1 Å². The molecule has 0 heterocycles. The van der Waals surface area contributed by atoms with Gasteiger partial charge in [0.2, 0.25) is 5.91 Å². The first-order valence-corrected chi connectivity index (χ1v) is 12.7. The van der Waals surface area contributed by atoms with Gasteiger partial charge in [0.25, 0.3) is 10.0 Å². The van der Waals surface area contributed by atoms with Gasteiger partial charge >= 0.3 is 0 Å². The van der Waals surface area contributed by atoms with Crippen molar-refractivity contribution in [1.29, 1.82) is 0 Å². The highest BCUT2D eigenvalue weighted by Crippen LogP contribution is 2.29. The Bertz CT molecular complexity index is 1240. The topological polar surface area (TPSA) is 75.7 Å². The Morgan fingerprint density at radius 3 is 2.21 bits per heavy atom. The summed E-state index contributed by atoms with van der Waals surface area (Å²) in [5, 5.41) is 3.00. The van der Waals surface area contributed by atoms with Crippen LogP contribution in [-0.4, -0.2) is 28.0 Å². The number of ether oxygens (including phenoxy) is 1. The lowest BCUT2D eigenvalue weighted by Gasteiger charge is -2.27. The normalized spacial score (nSPS) is 12.1. The van der Waals surface area contributed by atoms with E-state index in [1.54, 1.807) is 43.5 Å². The summed E-state index contributed by atoms with van der Waals surface area (Å²) < 4.78 is 33.8. The summed E-state index contributed by atoms with van der Waals surface area (Å²) in [5.74, 6) is 0.356. The Kier molecular flexibility index (Phi) is 7.99. The zero-order chi connectivity index (χ0) is 24.9. The van der Waals surface area contributed by atoms with Crippen LogP contribution < -0.4 is 14.4 Å². The second-order valence-electron chi connectivity index (χ2n) is 8.35. The summed E-state index contributed by atoms with van der Waals surface area (Å²) in [6.45, 7) is 7.34. The molecular weight excluding hydrogens is 448 g/mol. The molecule has 0 aliphatic carbocycles. The summed E-state index contributed by atoms with van der Waals surface area (Å²) in [6, 6.07) is 19.4. The van der Waals surface area contributed by atoms with Gasteiger partial charge in [-0.25, -0.2) is 8.42 Å². The largest absolute Gasteiger partial charge is 0.497 e. The Balaban J connectivity index is 1.94. The molecule has 180 valence electrons. The second-order valence-corrected chi connectivity index (χ2v) is 10.2. The molecule has 0 bridgehead atoms. The maximum Gasteiger partial charge on any atom is 0.264 e. The number of benzene rings is 3. The minimum atomic E-state index is -3.97. The van der Waals surface area contributed by atoms with Crippen LogP contribution in [0.2, 0.25) is 0 Å². The molecule has 6 nitrogen and oxygen atoms in total. The Morgan fingerprint density at radius 1 is 0.971 bits per heavy atom. The molecule has 1 atom stereocenters. The predicted molar refractivity (Wildman–Crippen MR) is 136 cm³/mol. The molecule has 0 unspecified atom stereocenters. The number of nitrogens with zero attached hydrogens (tertiary/aromatic N) is 1. The van der Waals surface area contributed by atoms with E-state index < -0.39 is 10.0 Å². The zero-order valence-corrected chi connectivity index (χ0v) is 21.1. The third kappa shape index (κ3) is 5.59. The van der Waals surface area contributed by atoms with Crippen LogP contribution in [0.3, 0.4) is 0 Å². The predicted octanol–water partition coefficient (Wildman–Crippen LogP) is 5.08. The van der Waals surface area contributed by atoms with Gasteiger partial charge in [0, 0.05) is 0 Å². The van der Waals surface area contributed by atoms with Crippen LogP contribution in [0.1, 0.15) is 41.6 Å². The highest BCUT2D eigenvalue weighted by atomic mass is 32.2. The fraction of sp³-hybridized carbons (Fsp3) is 0.296. The lowest BCUT2D eigenvalue weighted by molar-refractivity contribution is -0.120. The molecule has 1 amide bonds. The zero-order valence-electron chi connectivity index (χ0n) is 20.3. The van der Waals surface area contributed by atoms with Gasteiger partial charge in [0.15, 0.2) is 0 Å². The van der Waals surface area contributed by atoms with Crippen LogP contribution in [0.15, 0.2) is 71.6 Å². The third-order valence-corrected chi connectivity index (χ3v) is 7.78. The molecule has 7 heteroatoms. The molecule has 0 saturated heterocycles. The first kappa shape index (κ1) is 25.3. The van der Waals surface area contributed by atoms with Crippen molar-refractivity contribution < 1.29 is 17.9 Å². The van der Waals surface area contributed by atoms with E-state index in [2.05, 4.69) is 5.32 Å². The van der Waals surface area contributed by atoms with Crippen molar-refractivity contribution in [3.8, 4) is 5.75 Å². The van der Waals surface area contributed by atoms with Gasteiger partial charge in [-0.15, -0.1) is 0 Å². The summed E-state index contributed by atoms with van der Waals surface area (Å²) >= 11 is 0. The van der Waals surface area contributed by atoms with E-state index >= 15 is 0 Å². The maximum atomic E-state index is 13.7. The summed E-state index contributed by atoms with van der Waals surface area (Å²) in [6.07, 6.45) is 0.659. The minimum Gasteiger partial charge on any atom is -0.497 e. The van der Waals surface area contributed by atoms with Gasteiger partial charge in [-0.3, -0.25) is 9.10 Å². The molecule has 3 rings (SSSR count). The number of aryl methyl sites for hydroxylation is 2. The second kappa shape index (κ2) is 10.7. The number of rotatable bonds is 9. The fourth-order valence-corrected chi connectivity index (χ4v) is 5.25. The molecule has 0 radical (unpaired) electrons. The summed E-state index contributed by atoms with van der Waals surface area (Å²) in [5.41, 5.74) is 4.14. The smallest absolute Gasteiger partial charge is 0.264 e. The molecule has 0 spiro atoms. The highest BCUT2D eigenvalue weighted by molar-refractivity contribution is 7.92. The van der Waals surface area contributed by atoms with E-state index in [0.29, 0.717) is 12.1 Å². The number of amides is 1. The van der Waals surface area contributed by atoms with Gasteiger partial charge in [0.1, 0.15) is 12.3 Å². The number of nitrogens with one attached hydrogen (secondary N) is 1. The average molecular weight is 481 g/mol. The quantitative estimate of drug-likeness (QED) is 0.463. The number of sulfonamides is 1. The molecule has 1 N–H and O–H groups in total. The number of methoxy groups -OCH3 is 1. The Hall–Kier alpha value is -3.32. The lowest BCUT2D eigenvalue weighted by atomic mass is 10.0. The molecule has 0 aliphatic rings. The monoisotopic (exact) mass is 480 g/mol. The number of hydrogen-bond donors (Lipinski definition) is 1. The maximum absolute atomic E-state index is 13.7. The standard InChI is InChI=1S/C27H32N2O4S/c1-6-25(22-12-14-23(33-5)15-13-22)28-27(30)18-29(26-9-7-8-20(3)21(26)4)34(31,32)24-16-10-19(2)11-17-24/h7-17,25H,6,18H2,1-5H3,(H,28,30)/t25-/m0/s1. The van der Waals surface area contributed by atoms with Crippen molar-refractivity contribution in [2.75, 3.05) is 18.0 Å². The highest BCUT2D eigenvalue weighted by Gasteiger charge is 2.29. The molecule has 0 aliphatic heterocycles. The van der Waals surface area contributed by atoms with E-state index in [9.17, 15) is 13.2 Å². The van der Waals surface area contributed by atoms with Crippen molar-refractivity contribution in [2.24, 2.45) is 0 Å². The van der Waals surface area contributed by atoms with E-state index in [4.69, 9.17) is 4.74 Å².